The van der Waals surface area contributed by atoms with Gasteiger partial charge in [-0.05, 0) is 19.1 Å². The highest BCUT2D eigenvalue weighted by atomic mass is 16.1. The molecule has 0 saturated heterocycles. The van der Waals surface area contributed by atoms with Crippen molar-refractivity contribution in [2.75, 3.05) is 0 Å². The number of hydrogen-bond acceptors (Lipinski definition) is 4. The molecule has 0 aromatic carbocycles. The molecule has 2 aromatic rings. The summed E-state index contributed by atoms with van der Waals surface area (Å²) in [6.07, 6.45) is 3.66. The SMILES string of the molecule is Cc1cc(C(=O)Cc2cn(C)nn2)ccn1. The summed E-state index contributed by atoms with van der Waals surface area (Å²) < 4.78 is 1.58. The summed E-state index contributed by atoms with van der Waals surface area (Å²) in [6.45, 7) is 1.86. The molecule has 2 aromatic heterocycles. The van der Waals surface area contributed by atoms with E-state index in [4.69, 9.17) is 0 Å². The molecular formula is C11H12N4O. The van der Waals surface area contributed by atoms with Gasteiger partial charge in [-0.1, -0.05) is 5.21 Å². The number of pyridine rings is 1. The Bertz CT molecular complexity index is 518. The van der Waals surface area contributed by atoms with Crippen molar-refractivity contribution in [1.29, 1.82) is 0 Å². The Balaban J connectivity index is 2.14. The van der Waals surface area contributed by atoms with Crippen molar-refractivity contribution < 1.29 is 4.79 Å². The highest BCUT2D eigenvalue weighted by molar-refractivity contribution is 5.97. The lowest BCUT2D eigenvalue weighted by Gasteiger charge is -1.99. The van der Waals surface area contributed by atoms with E-state index >= 15 is 0 Å². The molecule has 0 aliphatic rings. The molecule has 5 nitrogen and oxygen atoms in total. The number of hydrogen-bond donors (Lipinski definition) is 0. The van der Waals surface area contributed by atoms with Crippen molar-refractivity contribution in [2.24, 2.45) is 7.05 Å². The predicted octanol–water partition coefficient (Wildman–Crippen LogP) is 0.944. The van der Waals surface area contributed by atoms with Gasteiger partial charge in [-0.2, -0.15) is 0 Å². The van der Waals surface area contributed by atoms with Gasteiger partial charge in [0.2, 0.25) is 0 Å². The lowest BCUT2D eigenvalue weighted by molar-refractivity contribution is 0.0991. The van der Waals surface area contributed by atoms with E-state index in [0.29, 0.717) is 11.3 Å². The molecule has 16 heavy (non-hydrogen) atoms. The number of nitrogens with zero attached hydrogens (tertiary/aromatic N) is 4. The van der Waals surface area contributed by atoms with E-state index in [1.165, 1.54) is 0 Å². The Morgan fingerprint density at radius 2 is 2.31 bits per heavy atom. The molecule has 0 N–H and O–H groups in total. The molecular weight excluding hydrogens is 204 g/mol. The van der Waals surface area contributed by atoms with Gasteiger partial charge < -0.3 is 0 Å². The van der Waals surface area contributed by atoms with Crippen LogP contribution in [0.5, 0.6) is 0 Å². The van der Waals surface area contributed by atoms with Crippen LogP contribution in [0, 0.1) is 6.92 Å². The van der Waals surface area contributed by atoms with Gasteiger partial charge in [-0.25, -0.2) is 0 Å². The van der Waals surface area contributed by atoms with Gasteiger partial charge in [0.15, 0.2) is 5.78 Å². The minimum atomic E-state index is 0.0333. The zero-order valence-electron chi connectivity index (χ0n) is 9.21. The fourth-order valence-corrected chi connectivity index (χ4v) is 1.46. The predicted molar refractivity (Wildman–Crippen MR) is 58.0 cm³/mol. The van der Waals surface area contributed by atoms with Gasteiger partial charge in [0.05, 0.1) is 12.1 Å². The van der Waals surface area contributed by atoms with Gasteiger partial charge in [0.25, 0.3) is 0 Å². The molecule has 0 spiro atoms. The number of carbonyl (C=O) groups excluding carboxylic acids is 1. The molecule has 0 radical (unpaired) electrons. The number of Topliss-reactive ketones (excluding diaryl/α,β-unsaturated/α-hetero) is 1. The second kappa shape index (κ2) is 4.22. The first-order valence-corrected chi connectivity index (χ1v) is 4.96. The summed E-state index contributed by atoms with van der Waals surface area (Å²) in [6, 6.07) is 3.49. The van der Waals surface area contributed by atoms with Gasteiger partial charge in [-0.15, -0.1) is 5.10 Å². The minimum Gasteiger partial charge on any atom is -0.294 e. The van der Waals surface area contributed by atoms with E-state index in [-0.39, 0.29) is 12.2 Å². The van der Waals surface area contributed by atoms with Crippen LogP contribution in [0.4, 0.5) is 0 Å². The van der Waals surface area contributed by atoms with Crippen LogP contribution in [0.1, 0.15) is 21.7 Å². The van der Waals surface area contributed by atoms with Crippen LogP contribution in [-0.2, 0) is 13.5 Å². The quantitative estimate of drug-likeness (QED) is 0.716. The monoisotopic (exact) mass is 216 g/mol. The maximum atomic E-state index is 11.9. The first-order valence-electron chi connectivity index (χ1n) is 4.96. The number of carbonyl (C=O) groups is 1. The normalized spacial score (nSPS) is 10.4. The molecule has 2 heterocycles. The minimum absolute atomic E-state index is 0.0333. The number of rotatable bonds is 3. The molecule has 0 fully saturated rings. The summed E-state index contributed by atoms with van der Waals surface area (Å²) in [5.41, 5.74) is 2.19. The van der Waals surface area contributed by atoms with Crippen molar-refractivity contribution in [1.82, 2.24) is 20.0 Å². The second-order valence-electron chi connectivity index (χ2n) is 3.67. The molecule has 0 aliphatic heterocycles. The molecule has 5 heteroatoms. The molecule has 0 saturated carbocycles. The van der Waals surface area contributed by atoms with E-state index in [1.807, 2.05) is 6.92 Å². The van der Waals surface area contributed by atoms with Crippen LogP contribution in [-0.4, -0.2) is 25.8 Å². The Hall–Kier alpha value is -2.04. The highest BCUT2D eigenvalue weighted by Crippen LogP contribution is 2.05. The number of aromatic nitrogens is 4. The maximum Gasteiger partial charge on any atom is 0.169 e. The number of ketones is 1. The standard InChI is InChI=1S/C11H12N4O/c1-8-5-9(3-4-12-8)11(16)6-10-7-15(2)14-13-10/h3-5,7H,6H2,1-2H3. The van der Waals surface area contributed by atoms with Crippen LogP contribution >= 0.6 is 0 Å². The Morgan fingerprint density at radius 3 is 2.94 bits per heavy atom. The van der Waals surface area contributed by atoms with E-state index in [2.05, 4.69) is 15.3 Å². The zero-order chi connectivity index (χ0) is 11.5. The second-order valence-corrected chi connectivity index (χ2v) is 3.67. The van der Waals surface area contributed by atoms with Gasteiger partial charge in [0.1, 0.15) is 0 Å². The van der Waals surface area contributed by atoms with Gasteiger partial charge in [-0.3, -0.25) is 14.5 Å². The van der Waals surface area contributed by atoms with E-state index in [1.54, 1.807) is 36.3 Å². The third kappa shape index (κ3) is 2.31. The molecule has 0 atom stereocenters. The molecule has 0 bridgehead atoms. The summed E-state index contributed by atoms with van der Waals surface area (Å²) in [4.78, 5) is 15.9. The van der Waals surface area contributed by atoms with E-state index in [9.17, 15) is 4.79 Å². The largest absolute Gasteiger partial charge is 0.294 e. The Labute approximate surface area is 93.1 Å². The molecule has 2 rings (SSSR count). The lowest BCUT2D eigenvalue weighted by atomic mass is 10.1. The first kappa shape index (κ1) is 10.5. The van der Waals surface area contributed by atoms with E-state index < -0.39 is 0 Å². The van der Waals surface area contributed by atoms with Crippen molar-refractivity contribution >= 4 is 5.78 Å². The maximum absolute atomic E-state index is 11.9. The van der Waals surface area contributed by atoms with E-state index in [0.717, 1.165) is 5.69 Å². The summed E-state index contributed by atoms with van der Waals surface area (Å²) in [5, 5.41) is 7.66. The average Bonchev–Trinajstić information content (AvgIpc) is 2.64. The van der Waals surface area contributed by atoms with Crippen molar-refractivity contribution in [2.45, 2.75) is 13.3 Å². The Morgan fingerprint density at radius 1 is 1.50 bits per heavy atom. The van der Waals surface area contributed by atoms with Gasteiger partial charge >= 0.3 is 0 Å². The smallest absolute Gasteiger partial charge is 0.169 e. The zero-order valence-corrected chi connectivity index (χ0v) is 9.21. The van der Waals surface area contributed by atoms with Crippen LogP contribution in [0.2, 0.25) is 0 Å². The average molecular weight is 216 g/mol. The van der Waals surface area contributed by atoms with Crippen molar-refractivity contribution in [3.8, 4) is 0 Å². The summed E-state index contributed by atoms with van der Waals surface area (Å²) in [5.74, 6) is 0.0333. The third-order valence-corrected chi connectivity index (χ3v) is 2.21. The first-order chi connectivity index (χ1) is 7.65. The topological polar surface area (TPSA) is 60.7 Å². The Kier molecular flexibility index (Phi) is 2.76. The van der Waals surface area contributed by atoms with Gasteiger partial charge in [0, 0.05) is 30.7 Å². The summed E-state index contributed by atoms with van der Waals surface area (Å²) in [7, 11) is 1.78. The van der Waals surface area contributed by atoms with Crippen LogP contribution in [0.3, 0.4) is 0 Å². The molecule has 0 amide bonds. The number of aryl methyl sites for hydroxylation is 2. The third-order valence-electron chi connectivity index (χ3n) is 2.21. The molecule has 82 valence electrons. The van der Waals surface area contributed by atoms with Crippen LogP contribution < -0.4 is 0 Å². The fourth-order valence-electron chi connectivity index (χ4n) is 1.46. The molecule has 0 unspecified atom stereocenters. The van der Waals surface area contributed by atoms with Crippen LogP contribution in [0.25, 0.3) is 0 Å². The fraction of sp³-hybridized carbons (Fsp3) is 0.273. The van der Waals surface area contributed by atoms with Crippen molar-refractivity contribution in [3.05, 3.63) is 41.5 Å². The lowest BCUT2D eigenvalue weighted by Crippen LogP contribution is -2.04. The molecule has 0 aliphatic carbocycles. The van der Waals surface area contributed by atoms with Crippen LogP contribution in [0.15, 0.2) is 24.5 Å². The highest BCUT2D eigenvalue weighted by Gasteiger charge is 2.09. The van der Waals surface area contributed by atoms with Crippen molar-refractivity contribution in [3.63, 3.8) is 0 Å². The summed E-state index contributed by atoms with van der Waals surface area (Å²) >= 11 is 0.